The number of hydrogen-bond acceptors (Lipinski definition) is 17. The van der Waals surface area contributed by atoms with E-state index in [1.54, 1.807) is 0 Å². The van der Waals surface area contributed by atoms with Crippen LogP contribution in [-0.4, -0.2) is 102 Å². The number of methoxy groups -OCH3 is 1. The summed E-state index contributed by atoms with van der Waals surface area (Å²) >= 11 is 0. The highest BCUT2D eigenvalue weighted by atomic mass is 16.7. The highest BCUT2D eigenvalue weighted by Gasteiger charge is 2.67. The average Bonchev–Trinajstić information content (AvgIpc) is 3.01. The maximum absolute atomic E-state index is 14.6. The summed E-state index contributed by atoms with van der Waals surface area (Å²) in [6.07, 6.45) is -6.06. The van der Waals surface area contributed by atoms with E-state index in [2.05, 4.69) is 0 Å². The van der Waals surface area contributed by atoms with Crippen LogP contribution < -0.4 is 4.74 Å². The molecule has 0 aromatic heterocycles. The number of aliphatic hydroxyl groups is 1. The zero-order chi connectivity index (χ0) is 38.2. The van der Waals surface area contributed by atoms with Crippen molar-refractivity contribution < 1.29 is 81.4 Å². The van der Waals surface area contributed by atoms with Crippen LogP contribution in [0.2, 0.25) is 0 Å². The molecule has 0 bridgehead atoms. The lowest BCUT2D eigenvalue weighted by molar-refractivity contribution is -0.278. The molecule has 1 fully saturated rings. The Morgan fingerprint density at radius 2 is 1.35 bits per heavy atom. The molecule has 0 radical (unpaired) electrons. The lowest BCUT2D eigenvalue weighted by Gasteiger charge is -2.50. The first-order chi connectivity index (χ1) is 23.9. The molecule has 0 unspecified atom stereocenters. The van der Waals surface area contributed by atoms with Gasteiger partial charge < -0.3 is 43.0 Å². The molecule has 6 atom stereocenters. The van der Waals surface area contributed by atoms with Gasteiger partial charge >= 0.3 is 35.8 Å². The van der Waals surface area contributed by atoms with Gasteiger partial charge in [-0.1, -0.05) is 18.2 Å². The van der Waals surface area contributed by atoms with Crippen molar-refractivity contribution in [3.63, 3.8) is 0 Å². The molecule has 274 valence electrons. The molecule has 1 aromatic rings. The smallest absolute Gasteiger partial charge is 0.308 e. The van der Waals surface area contributed by atoms with Crippen molar-refractivity contribution >= 4 is 53.5 Å². The van der Waals surface area contributed by atoms with Crippen LogP contribution in [0.5, 0.6) is 5.75 Å². The van der Waals surface area contributed by atoms with Crippen molar-refractivity contribution in [3.05, 3.63) is 59.1 Å². The number of allylic oxidation sites excluding steroid dienone is 2. The minimum atomic E-state index is -2.90. The molecule has 0 saturated carbocycles. The van der Waals surface area contributed by atoms with Gasteiger partial charge in [0.25, 0.3) is 5.60 Å². The third-order valence-electron chi connectivity index (χ3n) is 7.19. The van der Waals surface area contributed by atoms with Crippen LogP contribution >= 0.6 is 0 Å². The molecule has 0 amide bonds. The molecule has 3 rings (SSSR count). The maximum atomic E-state index is 14.6. The predicted molar refractivity (Wildman–Crippen MR) is 168 cm³/mol. The van der Waals surface area contributed by atoms with Crippen LogP contribution in [0.15, 0.2) is 53.5 Å². The van der Waals surface area contributed by atoms with Crippen molar-refractivity contribution in [2.75, 3.05) is 13.7 Å². The van der Waals surface area contributed by atoms with E-state index in [0.29, 0.717) is 5.56 Å². The first-order valence-corrected chi connectivity index (χ1v) is 15.2. The molecule has 1 heterocycles. The van der Waals surface area contributed by atoms with Crippen LogP contribution in [0.3, 0.4) is 0 Å². The third kappa shape index (κ3) is 9.45. The Balaban J connectivity index is 2.31. The number of rotatable bonds is 11. The molecule has 1 aromatic carbocycles. The van der Waals surface area contributed by atoms with Gasteiger partial charge in [-0.15, -0.1) is 0 Å². The molecule has 17 nitrogen and oxygen atoms in total. The van der Waals surface area contributed by atoms with Crippen LogP contribution in [0.25, 0.3) is 6.08 Å². The van der Waals surface area contributed by atoms with Gasteiger partial charge in [0.15, 0.2) is 36.0 Å². The lowest BCUT2D eigenvalue weighted by atomic mass is 9.74. The fraction of sp³-hybridized carbons (Fsp3) is 0.412. The first kappa shape index (κ1) is 39.6. The Labute approximate surface area is 291 Å². The second-order valence-corrected chi connectivity index (χ2v) is 11.1. The van der Waals surface area contributed by atoms with E-state index in [4.69, 9.17) is 37.9 Å². The average molecular weight is 717 g/mol. The Hall–Kier alpha value is -5.84. The van der Waals surface area contributed by atoms with Crippen molar-refractivity contribution in [1.82, 2.24) is 0 Å². The molecule has 51 heavy (non-hydrogen) atoms. The highest BCUT2D eigenvalue weighted by molar-refractivity contribution is 6.30. The molecule has 1 N–H and O–H groups in total. The topological polar surface area (TPSA) is 231 Å². The van der Waals surface area contributed by atoms with Crippen molar-refractivity contribution in [2.24, 2.45) is 0 Å². The fourth-order valence-electron chi connectivity index (χ4n) is 5.44. The van der Waals surface area contributed by atoms with Gasteiger partial charge in [-0.05, 0) is 23.8 Å². The zero-order valence-corrected chi connectivity index (χ0v) is 28.6. The quantitative estimate of drug-likeness (QED) is 0.0855. The van der Waals surface area contributed by atoms with E-state index in [9.17, 15) is 43.5 Å². The van der Waals surface area contributed by atoms with Crippen LogP contribution in [0.4, 0.5) is 0 Å². The molecule has 17 heteroatoms. The predicted octanol–water partition coefficient (Wildman–Crippen LogP) is 1.55. The van der Waals surface area contributed by atoms with Crippen molar-refractivity contribution in [3.8, 4) is 5.75 Å². The van der Waals surface area contributed by atoms with E-state index in [0.717, 1.165) is 53.9 Å². The second kappa shape index (κ2) is 16.7. The van der Waals surface area contributed by atoms with Gasteiger partial charge in [0, 0.05) is 47.6 Å². The molecule has 1 saturated heterocycles. The number of Topliss-reactive ketones (excluding diaryl/α,β-unsaturated/α-hetero) is 1. The Morgan fingerprint density at radius 1 is 0.784 bits per heavy atom. The largest absolute Gasteiger partial charge is 0.507 e. The van der Waals surface area contributed by atoms with Crippen LogP contribution in [0.1, 0.15) is 47.1 Å². The van der Waals surface area contributed by atoms with E-state index in [-0.39, 0.29) is 5.75 Å². The second-order valence-electron chi connectivity index (χ2n) is 11.1. The maximum Gasteiger partial charge on any atom is 0.308 e. The summed E-state index contributed by atoms with van der Waals surface area (Å²) in [7, 11) is 1.02. The number of benzene rings is 1. The number of carbonyl (C=O) groups excluding carboxylic acids is 8. The van der Waals surface area contributed by atoms with Gasteiger partial charge in [0.1, 0.15) is 29.8 Å². The number of esters is 6. The first-order valence-electron chi connectivity index (χ1n) is 15.2. The summed E-state index contributed by atoms with van der Waals surface area (Å²) in [6, 6.07) is 5.90. The minimum absolute atomic E-state index is 0.230. The molecular formula is C34H36O17. The van der Waals surface area contributed by atoms with Crippen molar-refractivity contribution in [2.45, 2.75) is 77.7 Å². The summed E-state index contributed by atoms with van der Waals surface area (Å²) in [5, 5.41) is 11.2. The minimum Gasteiger partial charge on any atom is -0.507 e. The summed E-state index contributed by atoms with van der Waals surface area (Å²) in [5.74, 6) is -9.34. The number of carbonyl (C=O) groups is 8. The summed E-state index contributed by atoms with van der Waals surface area (Å²) in [5.41, 5.74) is -3.41. The van der Waals surface area contributed by atoms with E-state index in [1.165, 1.54) is 37.3 Å². The van der Waals surface area contributed by atoms with E-state index in [1.807, 2.05) is 0 Å². The monoisotopic (exact) mass is 716 g/mol. The van der Waals surface area contributed by atoms with Gasteiger partial charge in [-0.25, -0.2) is 0 Å². The fourth-order valence-corrected chi connectivity index (χ4v) is 5.44. The number of aliphatic hydroxyl groups excluding tert-OH is 1. The Kier molecular flexibility index (Phi) is 13.0. The highest BCUT2D eigenvalue weighted by Crippen LogP contribution is 2.44. The Bertz CT molecular complexity index is 1680. The standard InChI is InChI=1S/C34H36O17/c1-16(35)45-15-26-29(47-18(3)37)30(48-19(4)38)31(49-20(5)39)33(50-26)34(51-21(6)40)27(44-7)14-25(42)28(32(34)43)24(41)13-10-22-8-11-23(12-9-22)46-17(2)36/h8-14,26,29-31,33,41H,15H2,1-7H3/b13-10+,28-24-/t26-,29-,30+,31-,33-,34-/m1/s1. The van der Waals surface area contributed by atoms with Gasteiger partial charge in [-0.2, -0.15) is 0 Å². The molecule has 1 aliphatic heterocycles. The normalized spacial score (nSPS) is 25.5. The number of hydrogen-bond donors (Lipinski definition) is 1. The van der Waals surface area contributed by atoms with E-state index < -0.39 is 107 Å². The number of ketones is 2. The molecular weight excluding hydrogens is 680 g/mol. The Morgan fingerprint density at radius 3 is 1.86 bits per heavy atom. The summed E-state index contributed by atoms with van der Waals surface area (Å²) in [6.45, 7) is 5.40. The van der Waals surface area contributed by atoms with Crippen LogP contribution in [0, 0.1) is 0 Å². The van der Waals surface area contributed by atoms with Crippen molar-refractivity contribution in [1.29, 1.82) is 0 Å². The summed E-state index contributed by atoms with van der Waals surface area (Å²) in [4.78, 5) is 101. The number of ether oxygens (including phenoxy) is 8. The SMILES string of the molecule is COC1=CC(=O)/C(=C(O)\C=C\c2ccc(OC(C)=O)cc2)C(=O)[C@@]1(OC(C)=O)[C@@H]1O[C@H](COC(C)=O)[C@@H](OC(C)=O)[C@H](OC(C)=O)[C@H]1OC(C)=O. The summed E-state index contributed by atoms with van der Waals surface area (Å²) < 4.78 is 43.5. The van der Waals surface area contributed by atoms with Crippen LogP contribution in [-0.2, 0) is 71.5 Å². The zero-order valence-electron chi connectivity index (χ0n) is 28.6. The van der Waals surface area contributed by atoms with Gasteiger partial charge in [0.05, 0.1) is 7.11 Å². The lowest BCUT2D eigenvalue weighted by Crippen LogP contribution is -2.71. The molecule has 2 aliphatic rings. The van der Waals surface area contributed by atoms with Gasteiger partial charge in [0.2, 0.25) is 5.78 Å². The van der Waals surface area contributed by atoms with E-state index >= 15 is 0 Å². The third-order valence-corrected chi connectivity index (χ3v) is 7.19. The molecule has 1 aliphatic carbocycles. The molecule has 0 spiro atoms. The van der Waals surface area contributed by atoms with Gasteiger partial charge in [-0.3, -0.25) is 38.4 Å².